The van der Waals surface area contributed by atoms with Gasteiger partial charge in [0.25, 0.3) is 0 Å². The fourth-order valence-corrected chi connectivity index (χ4v) is 5.03. The summed E-state index contributed by atoms with van der Waals surface area (Å²) >= 11 is 0. The van der Waals surface area contributed by atoms with Crippen LogP contribution in [0.4, 0.5) is 18.9 Å². The van der Waals surface area contributed by atoms with E-state index in [1.807, 2.05) is 67.6 Å². The van der Waals surface area contributed by atoms with E-state index in [4.69, 9.17) is 10.7 Å². The number of anilines is 1. The van der Waals surface area contributed by atoms with Gasteiger partial charge in [-0.1, -0.05) is 54.6 Å². The summed E-state index contributed by atoms with van der Waals surface area (Å²) in [6, 6.07) is 19.3. The maximum atomic E-state index is 13.2. The third-order valence-electron chi connectivity index (χ3n) is 7.90. The molecule has 0 aliphatic heterocycles. The summed E-state index contributed by atoms with van der Waals surface area (Å²) in [5, 5.41) is 5.52. The van der Waals surface area contributed by atoms with Crippen molar-refractivity contribution in [3.05, 3.63) is 72.4 Å². The van der Waals surface area contributed by atoms with Crippen LogP contribution < -0.4 is 16.4 Å². The molecule has 1 aromatic heterocycles. The van der Waals surface area contributed by atoms with Crippen LogP contribution in [0.1, 0.15) is 64.5 Å². The first kappa shape index (κ1) is 30.2. The topological polar surface area (TPSA) is 97.1 Å². The maximum Gasteiger partial charge on any atom is 0.402 e. The molecule has 0 saturated heterocycles. The van der Waals surface area contributed by atoms with Gasteiger partial charge in [0.15, 0.2) is 0 Å². The molecule has 1 aliphatic carbocycles. The average molecular weight is 567 g/mol. The Morgan fingerprint density at radius 1 is 0.976 bits per heavy atom. The number of hydrogen-bond acceptors (Lipinski definition) is 4. The number of nitrogens with two attached hydrogens (primary N) is 1. The number of hydrogen-bond donors (Lipinski definition) is 3. The van der Waals surface area contributed by atoms with Crippen LogP contribution in [0, 0.1) is 11.3 Å². The van der Waals surface area contributed by atoms with Gasteiger partial charge in [0.2, 0.25) is 11.8 Å². The number of amides is 2. The largest absolute Gasteiger partial charge is 0.402 e. The second-order valence-corrected chi connectivity index (χ2v) is 11.5. The first-order valence-electron chi connectivity index (χ1n) is 13.9. The number of pyridine rings is 1. The highest BCUT2D eigenvalue weighted by Crippen LogP contribution is 2.38. The fraction of sp³-hybridized carbons (Fsp3) is 0.406. The predicted octanol–water partition coefficient (Wildman–Crippen LogP) is 7.03. The number of carbonyl (C=O) groups is 2. The number of nitrogens with zero attached hydrogens (tertiary/aromatic N) is 1. The molecule has 2 aromatic carbocycles. The van der Waals surface area contributed by atoms with E-state index >= 15 is 0 Å². The number of aromatic nitrogens is 1. The van der Waals surface area contributed by atoms with Crippen molar-refractivity contribution in [2.24, 2.45) is 17.1 Å². The molecular formula is C32H37F3N4O2. The number of alkyl halides is 3. The van der Waals surface area contributed by atoms with Gasteiger partial charge in [-0.25, -0.2) is 0 Å². The van der Waals surface area contributed by atoms with Crippen molar-refractivity contribution in [1.82, 2.24) is 10.3 Å². The molecule has 0 radical (unpaired) electrons. The molecule has 9 heteroatoms. The Balaban J connectivity index is 1.40. The Kier molecular flexibility index (Phi) is 9.17. The monoisotopic (exact) mass is 566 g/mol. The van der Waals surface area contributed by atoms with E-state index in [2.05, 4.69) is 10.6 Å². The molecule has 4 N–H and O–H groups in total. The first-order valence-corrected chi connectivity index (χ1v) is 13.9. The lowest BCUT2D eigenvalue weighted by molar-refractivity contribution is -0.211. The molecule has 6 nitrogen and oxygen atoms in total. The quantitative estimate of drug-likeness (QED) is 0.273. The van der Waals surface area contributed by atoms with E-state index in [1.54, 1.807) is 6.20 Å². The third-order valence-corrected chi connectivity index (χ3v) is 7.90. The van der Waals surface area contributed by atoms with Crippen molar-refractivity contribution in [3.63, 3.8) is 0 Å². The number of carbonyl (C=O) groups excluding carboxylic acids is 2. The molecule has 1 fully saturated rings. The summed E-state index contributed by atoms with van der Waals surface area (Å²) in [4.78, 5) is 29.9. The Hall–Kier alpha value is -3.72. The summed E-state index contributed by atoms with van der Waals surface area (Å²) < 4.78 is 39.5. The predicted molar refractivity (Wildman–Crippen MR) is 155 cm³/mol. The summed E-state index contributed by atoms with van der Waals surface area (Å²) in [7, 11) is 0. The summed E-state index contributed by atoms with van der Waals surface area (Å²) in [5.41, 5.74) is 8.75. The minimum absolute atomic E-state index is 0.0708. The van der Waals surface area contributed by atoms with Crippen molar-refractivity contribution in [2.45, 2.75) is 71.1 Å². The first-order chi connectivity index (χ1) is 19.3. The van der Waals surface area contributed by atoms with Crippen LogP contribution in [0.2, 0.25) is 0 Å². The van der Waals surface area contributed by atoms with Crippen LogP contribution in [-0.2, 0) is 9.59 Å². The minimum atomic E-state index is -4.62. The smallest absolute Gasteiger partial charge is 0.353 e. The lowest BCUT2D eigenvalue weighted by atomic mass is 9.83. The van der Waals surface area contributed by atoms with Gasteiger partial charge in [-0.05, 0) is 69.6 Å². The molecule has 1 saturated carbocycles. The van der Waals surface area contributed by atoms with Crippen LogP contribution in [0.3, 0.4) is 0 Å². The Morgan fingerprint density at radius 2 is 1.61 bits per heavy atom. The normalized spacial score (nSPS) is 18.4. The van der Waals surface area contributed by atoms with E-state index in [0.717, 1.165) is 41.8 Å². The lowest BCUT2D eigenvalue weighted by Crippen LogP contribution is -2.50. The van der Waals surface area contributed by atoms with Crippen LogP contribution in [0.15, 0.2) is 66.9 Å². The molecule has 0 bridgehead atoms. The molecule has 1 heterocycles. The van der Waals surface area contributed by atoms with Crippen molar-refractivity contribution in [3.8, 4) is 22.4 Å². The van der Waals surface area contributed by atoms with Crippen molar-refractivity contribution in [1.29, 1.82) is 0 Å². The van der Waals surface area contributed by atoms with Gasteiger partial charge in [-0.3, -0.25) is 14.6 Å². The zero-order valence-electron chi connectivity index (χ0n) is 23.6. The summed E-state index contributed by atoms with van der Waals surface area (Å²) in [5.74, 6) is -1.07. The maximum absolute atomic E-state index is 13.2. The van der Waals surface area contributed by atoms with E-state index in [1.165, 1.54) is 0 Å². The van der Waals surface area contributed by atoms with Crippen LogP contribution >= 0.6 is 0 Å². The van der Waals surface area contributed by atoms with Crippen LogP contribution in [-0.4, -0.2) is 29.0 Å². The zero-order valence-corrected chi connectivity index (χ0v) is 23.6. The second kappa shape index (κ2) is 12.4. The Morgan fingerprint density at radius 3 is 2.20 bits per heavy atom. The van der Waals surface area contributed by atoms with Crippen LogP contribution in [0.5, 0.6) is 0 Å². The Labute approximate surface area is 238 Å². The molecular weight excluding hydrogens is 529 g/mol. The van der Waals surface area contributed by atoms with Gasteiger partial charge in [-0.2, -0.15) is 13.2 Å². The van der Waals surface area contributed by atoms with Gasteiger partial charge < -0.3 is 16.4 Å². The fourth-order valence-electron chi connectivity index (χ4n) is 5.03. The summed E-state index contributed by atoms with van der Waals surface area (Å²) in [6.45, 7) is 3.71. The molecule has 0 spiro atoms. The van der Waals surface area contributed by atoms with Gasteiger partial charge in [0.1, 0.15) is 5.41 Å². The van der Waals surface area contributed by atoms with Gasteiger partial charge in [0, 0.05) is 29.6 Å². The highest BCUT2D eigenvalue weighted by molar-refractivity contribution is 5.93. The van der Waals surface area contributed by atoms with E-state index in [-0.39, 0.29) is 30.3 Å². The SMILES string of the molecule is C[C@H](N)c1ccc(-c2ncc(NC(=O)C[C@H]3CC[C@H](NC(=O)C(C)(C)C(F)(F)F)CC3)cc2-c2ccccc2)cc1. The standard InChI is InChI=1S/C32H37F3N4O2/c1-20(36)22-11-13-24(14-12-22)29-27(23-7-5-4-6-8-23)18-26(19-37-29)38-28(40)17-21-9-15-25(16-10-21)39-30(41)31(2,3)32(33,34)35/h4-8,11-14,18-21,25H,9-10,15-17,36H2,1-3H3,(H,38,40)(H,39,41)/t20-,21-,25-/m0/s1. The third kappa shape index (κ3) is 7.33. The molecule has 218 valence electrons. The van der Waals surface area contributed by atoms with E-state index in [0.29, 0.717) is 31.4 Å². The average Bonchev–Trinajstić information content (AvgIpc) is 2.94. The molecule has 2 amide bonds. The van der Waals surface area contributed by atoms with E-state index in [9.17, 15) is 22.8 Å². The van der Waals surface area contributed by atoms with Gasteiger partial charge >= 0.3 is 6.18 Å². The Bertz CT molecular complexity index is 1350. The molecule has 1 atom stereocenters. The molecule has 0 unspecified atom stereocenters. The van der Waals surface area contributed by atoms with Gasteiger partial charge in [-0.15, -0.1) is 0 Å². The highest BCUT2D eigenvalue weighted by Gasteiger charge is 2.53. The molecule has 4 rings (SSSR count). The van der Waals surface area contributed by atoms with E-state index < -0.39 is 17.5 Å². The van der Waals surface area contributed by atoms with Crippen molar-refractivity contribution < 1.29 is 22.8 Å². The van der Waals surface area contributed by atoms with Gasteiger partial charge in [0.05, 0.1) is 17.6 Å². The number of rotatable bonds is 8. The van der Waals surface area contributed by atoms with Crippen LogP contribution in [0.25, 0.3) is 22.4 Å². The molecule has 1 aliphatic rings. The minimum Gasteiger partial charge on any atom is -0.353 e. The summed E-state index contributed by atoms with van der Waals surface area (Å²) in [6.07, 6.45) is -0.317. The second-order valence-electron chi connectivity index (χ2n) is 11.5. The molecule has 41 heavy (non-hydrogen) atoms. The zero-order chi connectivity index (χ0) is 29.8. The number of halogens is 3. The number of benzene rings is 2. The van der Waals surface area contributed by atoms with Crippen molar-refractivity contribution >= 4 is 17.5 Å². The highest BCUT2D eigenvalue weighted by atomic mass is 19.4. The lowest BCUT2D eigenvalue weighted by Gasteiger charge is -2.32. The number of nitrogens with one attached hydrogen (secondary N) is 2. The molecule has 3 aromatic rings. The van der Waals surface area contributed by atoms with Crippen molar-refractivity contribution in [2.75, 3.05) is 5.32 Å².